The van der Waals surface area contributed by atoms with Crippen molar-refractivity contribution in [3.63, 3.8) is 0 Å². The van der Waals surface area contributed by atoms with Crippen molar-refractivity contribution in [1.29, 1.82) is 0 Å². The molecule has 200 valence electrons. The molecule has 0 atom stereocenters. The molecule has 0 spiro atoms. The van der Waals surface area contributed by atoms with Crippen LogP contribution in [0.4, 0.5) is 0 Å². The van der Waals surface area contributed by atoms with Gasteiger partial charge in [0.1, 0.15) is 26.6 Å². The summed E-state index contributed by atoms with van der Waals surface area (Å²) in [5.41, 5.74) is 0.562. The second kappa shape index (κ2) is 10.5. The predicted octanol–water partition coefficient (Wildman–Crippen LogP) is 7.63. The molecule has 0 bridgehead atoms. The van der Waals surface area contributed by atoms with Gasteiger partial charge in [-0.3, -0.25) is 3.63 Å². The van der Waals surface area contributed by atoms with Gasteiger partial charge in [-0.05, 0) is 92.4 Å². The third-order valence-corrected chi connectivity index (χ3v) is 10.9. The van der Waals surface area contributed by atoms with Gasteiger partial charge in [0.2, 0.25) is 0 Å². The smallest absolute Gasteiger partial charge is 0.422 e. The third-order valence-electron chi connectivity index (χ3n) is 5.70. The van der Waals surface area contributed by atoms with Crippen molar-refractivity contribution in [2.75, 3.05) is 0 Å². The van der Waals surface area contributed by atoms with Gasteiger partial charge in [-0.15, -0.1) is 8.42 Å². The lowest BCUT2D eigenvalue weighted by Crippen LogP contribution is -2.23. The molecule has 0 unspecified atom stereocenters. The molecule has 0 saturated heterocycles. The fourth-order valence-corrected chi connectivity index (χ4v) is 9.05. The summed E-state index contributed by atoms with van der Waals surface area (Å²) in [6, 6.07) is 25.2. The summed E-state index contributed by atoms with van der Waals surface area (Å²) in [7, 11) is -6.89. The number of ether oxygens (including phenoxy) is 1. The maximum absolute atomic E-state index is 14.0. The lowest BCUT2D eigenvalue weighted by molar-refractivity contribution is 0.131. The predicted molar refractivity (Wildman–Crippen MR) is 153 cm³/mol. The quantitative estimate of drug-likeness (QED) is 0.174. The maximum Gasteiger partial charge on any atom is 0.422 e. The number of rotatable bonds is 7. The van der Waals surface area contributed by atoms with Gasteiger partial charge < -0.3 is 4.74 Å². The molecule has 0 aliphatic carbocycles. The van der Waals surface area contributed by atoms with E-state index >= 15 is 0 Å². The van der Waals surface area contributed by atoms with Gasteiger partial charge >= 0.3 is 10.1 Å². The van der Waals surface area contributed by atoms with Crippen LogP contribution in [-0.2, 0) is 15.5 Å². The van der Waals surface area contributed by atoms with Crippen molar-refractivity contribution in [3.05, 3.63) is 103 Å². The van der Waals surface area contributed by atoms with Crippen LogP contribution in [0.2, 0.25) is 0 Å². The van der Waals surface area contributed by atoms with Crippen LogP contribution in [0.3, 0.4) is 0 Å². The molecule has 2 heterocycles. The van der Waals surface area contributed by atoms with Crippen molar-refractivity contribution in [3.8, 4) is 5.75 Å². The Hall–Kier alpha value is -3.20. The van der Waals surface area contributed by atoms with E-state index in [9.17, 15) is 8.42 Å². The van der Waals surface area contributed by atoms with E-state index in [-0.39, 0.29) is 15.9 Å². The zero-order valence-electron chi connectivity index (χ0n) is 22.6. The van der Waals surface area contributed by atoms with Gasteiger partial charge in [-0.1, -0.05) is 45.0 Å². The molecule has 6 nitrogen and oxygen atoms in total. The first kappa shape index (κ1) is 27.8. The molecule has 4 rings (SSSR count). The Morgan fingerprint density at radius 1 is 0.658 bits per heavy atom. The van der Waals surface area contributed by atoms with Crippen LogP contribution in [0.1, 0.15) is 47.1 Å². The number of aromatic nitrogens is 2. The van der Waals surface area contributed by atoms with Gasteiger partial charge in [0.15, 0.2) is 10.1 Å². The summed E-state index contributed by atoms with van der Waals surface area (Å²) in [5, 5.41) is 1.05. The lowest BCUT2D eigenvalue weighted by Gasteiger charge is -2.32. The highest BCUT2D eigenvalue weighted by Gasteiger charge is 2.46. The van der Waals surface area contributed by atoms with Crippen molar-refractivity contribution in [1.82, 2.24) is 9.97 Å². The Morgan fingerprint density at radius 2 is 1.16 bits per heavy atom. The minimum Gasteiger partial charge on any atom is -0.488 e. The molecule has 8 heteroatoms. The van der Waals surface area contributed by atoms with E-state index in [4.69, 9.17) is 8.37 Å². The first-order valence-electron chi connectivity index (χ1n) is 12.4. The molecular formula is C30H35N2O4S2+. The summed E-state index contributed by atoms with van der Waals surface area (Å²) < 4.78 is 38.6. The van der Waals surface area contributed by atoms with Crippen LogP contribution in [0.25, 0.3) is 0 Å². The van der Waals surface area contributed by atoms with E-state index in [1.807, 2.05) is 81.4 Å². The van der Waals surface area contributed by atoms with E-state index in [0.717, 1.165) is 5.56 Å². The average molecular weight is 552 g/mol. The highest BCUT2D eigenvalue weighted by molar-refractivity contribution is 8.32. The Morgan fingerprint density at radius 3 is 1.58 bits per heavy atom. The van der Waals surface area contributed by atoms with Crippen LogP contribution in [-0.4, -0.2) is 27.6 Å². The van der Waals surface area contributed by atoms with E-state index in [2.05, 4.69) is 30.7 Å². The van der Waals surface area contributed by atoms with Crippen LogP contribution in [0.15, 0.2) is 117 Å². The van der Waals surface area contributed by atoms with Gasteiger partial charge in [-0.25, -0.2) is 9.97 Å². The SMILES string of the molecule is CC(C)(C)Oc1ccc(S([OH+]S(=O)(=O)c2ccc(C(C)(C)C)cc2)(c2ccccn2)c2ccccn2)cc1. The second-order valence-electron chi connectivity index (χ2n) is 10.9. The number of benzene rings is 2. The molecule has 2 aromatic carbocycles. The summed E-state index contributed by atoms with van der Waals surface area (Å²) >= 11 is 0. The number of hydrogen-bond acceptors (Lipinski definition) is 5. The molecule has 0 radical (unpaired) electrons. The van der Waals surface area contributed by atoms with E-state index in [0.29, 0.717) is 20.7 Å². The summed E-state index contributed by atoms with van der Waals surface area (Å²) in [4.78, 5) is 10.0. The molecule has 2 aromatic heterocycles. The van der Waals surface area contributed by atoms with Gasteiger partial charge in [0.05, 0.1) is 4.90 Å². The van der Waals surface area contributed by atoms with Gasteiger partial charge in [-0.2, -0.15) is 0 Å². The molecule has 1 N–H and O–H groups in total. The fourth-order valence-electron chi connectivity index (χ4n) is 3.89. The van der Waals surface area contributed by atoms with Gasteiger partial charge in [0.25, 0.3) is 0 Å². The molecular weight excluding hydrogens is 516 g/mol. The molecule has 0 fully saturated rings. The lowest BCUT2D eigenvalue weighted by atomic mass is 9.87. The summed E-state index contributed by atoms with van der Waals surface area (Å²) in [6.45, 7) is 12.2. The van der Waals surface area contributed by atoms with Crippen LogP contribution < -0.4 is 4.74 Å². The van der Waals surface area contributed by atoms with Crippen molar-refractivity contribution < 1.29 is 16.8 Å². The third kappa shape index (κ3) is 6.09. The normalized spacial score (nSPS) is 13.2. The topological polar surface area (TPSA) is 82.0 Å². The molecule has 4 aromatic rings. The molecule has 0 aliphatic heterocycles. The zero-order chi connectivity index (χ0) is 27.6. The van der Waals surface area contributed by atoms with E-state index < -0.39 is 20.4 Å². The Bertz CT molecular complexity index is 1420. The second-order valence-corrected chi connectivity index (χ2v) is 15.4. The molecule has 0 amide bonds. The molecule has 0 saturated carbocycles. The highest BCUT2D eigenvalue weighted by atomic mass is 32.3. The van der Waals surface area contributed by atoms with E-state index in [1.54, 1.807) is 36.7 Å². The minimum atomic E-state index is -4.11. The van der Waals surface area contributed by atoms with Crippen molar-refractivity contribution in [2.24, 2.45) is 0 Å². The standard InChI is InChI=1S/C30H34N2O4S2/c1-29(2,3)23-13-17-26(18-14-23)38(33,34)36-37(27-11-7-9-21-31-27,28-12-8-10-22-32-28)25-19-15-24(16-20-25)35-30(4,5)6/h7-22H,1-6H3/p+1. The largest absolute Gasteiger partial charge is 0.488 e. The van der Waals surface area contributed by atoms with E-state index in [1.165, 1.54) is 0 Å². The Labute approximate surface area is 227 Å². The summed E-state index contributed by atoms with van der Waals surface area (Å²) in [5.74, 6) is 0.678. The van der Waals surface area contributed by atoms with Crippen LogP contribution in [0, 0.1) is 0 Å². The highest BCUT2D eigenvalue weighted by Crippen LogP contribution is 2.67. The van der Waals surface area contributed by atoms with Crippen LogP contribution >= 0.6 is 10.3 Å². The Balaban J connectivity index is 1.91. The zero-order valence-corrected chi connectivity index (χ0v) is 24.3. The number of pyridine rings is 2. The minimum absolute atomic E-state index is 0.104. The summed E-state index contributed by atoms with van der Waals surface area (Å²) in [6.07, 6.45) is 3.30. The van der Waals surface area contributed by atoms with Crippen LogP contribution in [0.5, 0.6) is 5.75 Å². The number of hydrogen-bond donors (Lipinski definition) is 0. The molecule has 0 aliphatic rings. The monoisotopic (exact) mass is 551 g/mol. The Kier molecular flexibility index (Phi) is 7.70. The van der Waals surface area contributed by atoms with Crippen molar-refractivity contribution >= 4 is 20.4 Å². The fraction of sp³-hybridized carbons (Fsp3) is 0.267. The maximum atomic E-state index is 14.0. The molecule has 38 heavy (non-hydrogen) atoms. The number of nitrogens with zero attached hydrogens (tertiary/aromatic N) is 2. The van der Waals surface area contributed by atoms with Crippen molar-refractivity contribution in [2.45, 2.75) is 72.4 Å². The first-order valence-corrected chi connectivity index (χ1v) is 15.4. The first-order chi connectivity index (χ1) is 17.8. The average Bonchev–Trinajstić information content (AvgIpc) is 2.87. The van der Waals surface area contributed by atoms with Gasteiger partial charge in [0, 0.05) is 12.4 Å².